The molecule has 8 nitrogen and oxygen atoms in total. The fourth-order valence-electron chi connectivity index (χ4n) is 0.619. The van der Waals surface area contributed by atoms with E-state index >= 15 is 0 Å². The first kappa shape index (κ1) is 11.6. The number of aliphatic carboxylic acids is 1. The fourth-order valence-corrected chi connectivity index (χ4v) is 1.39. The molecule has 76 valence electrons. The van der Waals surface area contributed by atoms with Crippen LogP contribution >= 0.6 is 0 Å². The topological polar surface area (TPSA) is 145 Å². The minimum Gasteiger partial charge on any atom is -0.479 e. The number of carboxylic acids is 1. The van der Waals surface area contributed by atoms with Crippen LogP contribution < -0.4 is 5.73 Å². The molecular weight excluding hydrogens is 202 g/mol. The summed E-state index contributed by atoms with van der Waals surface area (Å²) in [6.45, 7) is 0. The SMILES string of the molecule is CN(C(=N)N)C(C(=O)O)S(=O)(=O)O. The highest BCUT2D eigenvalue weighted by Crippen LogP contribution is 2.03. The van der Waals surface area contributed by atoms with Crippen LogP contribution in [-0.2, 0) is 14.9 Å². The van der Waals surface area contributed by atoms with Gasteiger partial charge in [0.15, 0.2) is 5.96 Å². The van der Waals surface area contributed by atoms with Gasteiger partial charge in [-0.05, 0) is 0 Å². The lowest BCUT2D eigenvalue weighted by molar-refractivity contribution is -0.138. The third-order valence-corrected chi connectivity index (χ3v) is 2.31. The smallest absolute Gasteiger partial charge is 0.345 e. The number of guanidine groups is 1. The summed E-state index contributed by atoms with van der Waals surface area (Å²) in [4.78, 5) is 10.8. The molecule has 0 aliphatic rings. The van der Waals surface area contributed by atoms with Crippen LogP contribution in [0.5, 0.6) is 0 Å². The van der Waals surface area contributed by atoms with E-state index in [1.54, 1.807) is 0 Å². The van der Waals surface area contributed by atoms with Gasteiger partial charge in [0, 0.05) is 7.05 Å². The molecule has 0 saturated heterocycles. The first-order valence-electron chi connectivity index (χ1n) is 2.94. The number of nitrogens with zero attached hydrogens (tertiary/aromatic N) is 1. The first-order valence-corrected chi connectivity index (χ1v) is 4.44. The summed E-state index contributed by atoms with van der Waals surface area (Å²) in [6.07, 6.45) is 0. The Morgan fingerprint density at radius 3 is 2.08 bits per heavy atom. The fraction of sp³-hybridized carbons (Fsp3) is 0.500. The van der Waals surface area contributed by atoms with Crippen molar-refractivity contribution in [3.63, 3.8) is 0 Å². The number of hydrogen-bond acceptors (Lipinski definition) is 4. The van der Waals surface area contributed by atoms with Gasteiger partial charge in [-0.25, -0.2) is 4.79 Å². The molecule has 1 atom stereocenters. The molecule has 0 aromatic rings. The zero-order chi connectivity index (χ0) is 10.8. The van der Waals surface area contributed by atoms with Crippen molar-refractivity contribution in [3.8, 4) is 0 Å². The number of hydrogen-bond donors (Lipinski definition) is 4. The minimum absolute atomic E-state index is 0.414. The Balaban J connectivity index is 5.07. The van der Waals surface area contributed by atoms with Gasteiger partial charge in [0.1, 0.15) is 0 Å². The van der Waals surface area contributed by atoms with E-state index in [1.807, 2.05) is 0 Å². The van der Waals surface area contributed by atoms with Crippen molar-refractivity contribution in [2.45, 2.75) is 5.37 Å². The predicted octanol–water partition coefficient (Wildman–Crippen LogP) is -1.89. The third kappa shape index (κ3) is 2.87. The average Bonchev–Trinajstić information content (AvgIpc) is 1.82. The molecule has 13 heavy (non-hydrogen) atoms. The van der Waals surface area contributed by atoms with Gasteiger partial charge in [0.2, 0.25) is 0 Å². The molecular formula is C4H9N3O5S. The van der Waals surface area contributed by atoms with Gasteiger partial charge >= 0.3 is 5.97 Å². The molecule has 5 N–H and O–H groups in total. The summed E-state index contributed by atoms with van der Waals surface area (Å²) in [5.74, 6) is -2.58. The minimum atomic E-state index is -4.80. The van der Waals surface area contributed by atoms with Crippen LogP contribution in [0.1, 0.15) is 0 Å². The van der Waals surface area contributed by atoms with E-state index in [-0.39, 0.29) is 0 Å². The van der Waals surface area contributed by atoms with Crippen LogP contribution in [0, 0.1) is 5.41 Å². The standard InChI is InChI=1S/C4H9N3O5S/c1-7(4(5)6)2(3(8)9)13(10,11)12/h2H,1H3,(H3,5,6)(H,8,9)(H,10,11,12). The number of rotatable bonds is 3. The predicted molar refractivity (Wildman–Crippen MR) is 42.6 cm³/mol. The second kappa shape index (κ2) is 3.58. The van der Waals surface area contributed by atoms with Gasteiger partial charge in [0.05, 0.1) is 0 Å². The van der Waals surface area contributed by atoms with E-state index < -0.39 is 27.4 Å². The highest BCUT2D eigenvalue weighted by molar-refractivity contribution is 7.87. The van der Waals surface area contributed by atoms with Crippen molar-refractivity contribution in [2.24, 2.45) is 5.73 Å². The van der Waals surface area contributed by atoms with Gasteiger partial charge in [-0.15, -0.1) is 0 Å². The molecule has 0 heterocycles. The van der Waals surface area contributed by atoms with Gasteiger partial charge in [-0.2, -0.15) is 8.42 Å². The first-order chi connectivity index (χ1) is 5.68. The van der Waals surface area contributed by atoms with Crippen LogP contribution in [0.4, 0.5) is 0 Å². The second-order valence-electron chi connectivity index (χ2n) is 2.20. The molecule has 0 saturated carbocycles. The number of carboxylic acid groups (broad SMARTS) is 1. The molecule has 0 fully saturated rings. The Labute approximate surface area is 74.2 Å². The van der Waals surface area contributed by atoms with Crippen molar-refractivity contribution >= 4 is 22.0 Å². The molecule has 0 aliphatic heterocycles. The average molecular weight is 211 g/mol. The van der Waals surface area contributed by atoms with Gasteiger partial charge in [0.25, 0.3) is 15.5 Å². The zero-order valence-electron chi connectivity index (χ0n) is 6.63. The normalized spacial score (nSPS) is 13.4. The monoisotopic (exact) mass is 211 g/mol. The summed E-state index contributed by atoms with van der Waals surface area (Å²) in [5, 5.41) is 12.9. The molecule has 0 rings (SSSR count). The molecule has 1 unspecified atom stereocenters. The number of likely N-dealkylation sites (N-methyl/N-ethyl adjacent to an activating group) is 1. The number of nitrogens with two attached hydrogens (primary N) is 1. The molecule has 0 radical (unpaired) electrons. The Hall–Kier alpha value is -1.35. The zero-order valence-corrected chi connectivity index (χ0v) is 7.45. The van der Waals surface area contributed by atoms with Crippen molar-refractivity contribution < 1.29 is 22.9 Å². The van der Waals surface area contributed by atoms with E-state index in [2.05, 4.69) is 0 Å². The van der Waals surface area contributed by atoms with Crippen LogP contribution in [0.3, 0.4) is 0 Å². The third-order valence-electron chi connectivity index (χ3n) is 1.23. The Morgan fingerprint density at radius 2 is 2.00 bits per heavy atom. The molecule has 0 spiro atoms. The highest BCUT2D eigenvalue weighted by Gasteiger charge is 2.35. The summed E-state index contributed by atoms with van der Waals surface area (Å²) >= 11 is 0. The van der Waals surface area contributed by atoms with E-state index in [0.717, 1.165) is 7.05 Å². The highest BCUT2D eigenvalue weighted by atomic mass is 32.2. The maximum absolute atomic E-state index is 10.5. The largest absolute Gasteiger partial charge is 0.479 e. The molecule has 9 heteroatoms. The van der Waals surface area contributed by atoms with E-state index in [4.69, 9.17) is 20.8 Å². The van der Waals surface area contributed by atoms with Crippen molar-refractivity contribution in [3.05, 3.63) is 0 Å². The quantitative estimate of drug-likeness (QED) is 0.242. The van der Waals surface area contributed by atoms with Gasteiger partial charge in [-0.3, -0.25) is 9.96 Å². The van der Waals surface area contributed by atoms with E-state index in [9.17, 15) is 13.2 Å². The summed E-state index contributed by atoms with van der Waals surface area (Å²) < 4.78 is 29.5. The summed E-state index contributed by atoms with van der Waals surface area (Å²) in [7, 11) is -3.84. The van der Waals surface area contributed by atoms with Crippen LogP contribution in [0.15, 0.2) is 0 Å². The van der Waals surface area contributed by atoms with Crippen molar-refractivity contribution in [1.29, 1.82) is 5.41 Å². The number of carbonyl (C=O) groups is 1. The summed E-state index contributed by atoms with van der Waals surface area (Å²) in [5.41, 5.74) is 4.84. The maximum atomic E-state index is 10.5. The lowest BCUT2D eigenvalue weighted by Gasteiger charge is -2.21. The van der Waals surface area contributed by atoms with Gasteiger partial charge < -0.3 is 15.7 Å². The maximum Gasteiger partial charge on any atom is 0.345 e. The Bertz CT molecular complexity index is 323. The lowest BCUT2D eigenvalue weighted by atomic mass is 10.6. The van der Waals surface area contributed by atoms with Crippen LogP contribution in [0.25, 0.3) is 0 Å². The van der Waals surface area contributed by atoms with Gasteiger partial charge in [-0.1, -0.05) is 0 Å². The van der Waals surface area contributed by atoms with Crippen molar-refractivity contribution in [2.75, 3.05) is 7.05 Å². The molecule has 0 aromatic carbocycles. The molecule has 0 aromatic heterocycles. The summed E-state index contributed by atoms with van der Waals surface area (Å²) in [6, 6.07) is 0. The van der Waals surface area contributed by atoms with E-state index in [0.29, 0.717) is 4.90 Å². The Morgan fingerprint density at radius 1 is 1.62 bits per heavy atom. The second-order valence-corrected chi connectivity index (χ2v) is 3.68. The molecule has 0 aliphatic carbocycles. The number of nitrogens with one attached hydrogen (secondary N) is 1. The lowest BCUT2D eigenvalue weighted by Crippen LogP contribution is -2.49. The molecule has 0 amide bonds. The van der Waals surface area contributed by atoms with Crippen LogP contribution in [0.2, 0.25) is 0 Å². The molecule has 0 bridgehead atoms. The van der Waals surface area contributed by atoms with Crippen molar-refractivity contribution in [1.82, 2.24) is 4.90 Å². The Kier molecular flexibility index (Phi) is 3.21. The van der Waals surface area contributed by atoms with Crippen LogP contribution in [-0.4, -0.2) is 47.3 Å². The van der Waals surface area contributed by atoms with E-state index in [1.165, 1.54) is 0 Å².